The van der Waals surface area contributed by atoms with Gasteiger partial charge in [0, 0.05) is 6.42 Å². The predicted octanol–water partition coefficient (Wildman–Crippen LogP) is 0.445. The molecule has 0 heterocycles. The summed E-state index contributed by atoms with van der Waals surface area (Å²) >= 11 is 0. The minimum Gasteiger partial charge on any atom is -0.345 e. The van der Waals surface area contributed by atoms with Crippen LogP contribution in [0.3, 0.4) is 0 Å². The lowest BCUT2D eigenvalue weighted by molar-refractivity contribution is -0.125. The van der Waals surface area contributed by atoms with Crippen LogP contribution in [0.25, 0.3) is 0 Å². The Morgan fingerprint density at radius 2 is 2.15 bits per heavy atom. The van der Waals surface area contributed by atoms with Crippen LogP contribution in [0.2, 0.25) is 0 Å². The molecule has 0 saturated heterocycles. The third-order valence-electron chi connectivity index (χ3n) is 1.59. The number of hydrogen-bond acceptors (Lipinski definition) is 2. The highest BCUT2D eigenvalue weighted by Crippen LogP contribution is 2.17. The van der Waals surface area contributed by atoms with Gasteiger partial charge in [0.05, 0.1) is 6.54 Å². The summed E-state index contributed by atoms with van der Waals surface area (Å²) < 4.78 is 37.6. The lowest BCUT2D eigenvalue weighted by Gasteiger charge is -2.23. The summed E-state index contributed by atoms with van der Waals surface area (Å²) in [7, 11) is 0. The molecule has 0 fully saturated rings. The Labute approximate surface area is 74.5 Å². The summed E-state index contributed by atoms with van der Waals surface area (Å²) in [6.45, 7) is -0.813. The van der Waals surface area contributed by atoms with Crippen molar-refractivity contribution in [1.82, 2.24) is 5.32 Å². The second-order valence-corrected chi connectivity index (χ2v) is 2.59. The van der Waals surface area contributed by atoms with Crippen LogP contribution < -0.4 is 11.1 Å². The van der Waals surface area contributed by atoms with Crippen LogP contribution in [0.15, 0.2) is 0 Å². The maximum atomic E-state index is 12.7. The number of hydrogen-bond donors (Lipinski definition) is 2. The molecule has 0 aromatic heterocycles. The molecule has 3 nitrogen and oxygen atoms in total. The third-order valence-corrected chi connectivity index (χ3v) is 1.59. The molecule has 13 heavy (non-hydrogen) atoms. The predicted molar refractivity (Wildman–Crippen MR) is 42.2 cm³/mol. The molecule has 0 aliphatic carbocycles. The van der Waals surface area contributed by atoms with Crippen molar-refractivity contribution < 1.29 is 18.0 Å². The van der Waals surface area contributed by atoms with Crippen molar-refractivity contribution >= 4 is 5.91 Å². The van der Waals surface area contributed by atoms with E-state index >= 15 is 0 Å². The molecule has 1 unspecified atom stereocenters. The largest absolute Gasteiger partial charge is 0.345 e. The molecule has 6 heteroatoms. The Balaban J connectivity index is 4.25. The number of halogens is 3. The van der Waals surface area contributed by atoms with Gasteiger partial charge in [-0.3, -0.25) is 4.79 Å². The fourth-order valence-corrected chi connectivity index (χ4v) is 0.696. The summed E-state index contributed by atoms with van der Waals surface area (Å²) in [6.07, 6.45) is 0.0388. The number of nitrogens with one attached hydrogen (secondary N) is 1. The highest BCUT2D eigenvalue weighted by atomic mass is 19.3. The fourth-order valence-electron chi connectivity index (χ4n) is 0.696. The second kappa shape index (κ2) is 5.06. The molecule has 0 saturated carbocycles. The van der Waals surface area contributed by atoms with E-state index in [0.717, 1.165) is 0 Å². The molecule has 1 amide bonds. The Bertz CT molecular complexity index is 175. The lowest BCUT2D eigenvalue weighted by Crippen LogP contribution is -2.52. The number of alkyl halides is 3. The molecule has 0 aliphatic heterocycles. The first-order chi connectivity index (χ1) is 5.97. The molecule has 0 aromatic carbocycles. The van der Waals surface area contributed by atoms with Gasteiger partial charge in [-0.2, -0.15) is 0 Å². The smallest absolute Gasteiger partial charge is 0.282 e. The van der Waals surface area contributed by atoms with Crippen molar-refractivity contribution in [2.45, 2.75) is 25.3 Å². The van der Waals surface area contributed by atoms with E-state index in [1.165, 1.54) is 6.92 Å². The number of carbonyl (C=O) groups excluding carboxylic acids is 1. The normalized spacial score (nSPS) is 13.9. The Kier molecular flexibility index (Phi) is 4.76. The Morgan fingerprint density at radius 3 is 2.46 bits per heavy atom. The first kappa shape index (κ1) is 12.2. The molecule has 0 radical (unpaired) electrons. The van der Waals surface area contributed by atoms with E-state index in [1.807, 2.05) is 5.32 Å². The first-order valence-electron chi connectivity index (χ1n) is 3.91. The minimum atomic E-state index is -3.39. The van der Waals surface area contributed by atoms with Crippen molar-refractivity contribution in [3.63, 3.8) is 0 Å². The van der Waals surface area contributed by atoms with Crippen LogP contribution in [-0.2, 0) is 4.79 Å². The van der Waals surface area contributed by atoms with E-state index in [9.17, 15) is 18.0 Å². The molecular weight excluding hydrogens is 185 g/mol. The maximum absolute atomic E-state index is 12.7. The van der Waals surface area contributed by atoms with Crippen LogP contribution >= 0.6 is 0 Å². The van der Waals surface area contributed by atoms with Crippen molar-refractivity contribution in [2.75, 3.05) is 13.2 Å². The van der Waals surface area contributed by atoms with Crippen molar-refractivity contribution in [3.05, 3.63) is 0 Å². The van der Waals surface area contributed by atoms with E-state index < -0.39 is 31.1 Å². The third kappa shape index (κ3) is 3.63. The monoisotopic (exact) mass is 198 g/mol. The topological polar surface area (TPSA) is 55.1 Å². The van der Waals surface area contributed by atoms with E-state index in [1.54, 1.807) is 0 Å². The van der Waals surface area contributed by atoms with Gasteiger partial charge in [0.25, 0.3) is 5.92 Å². The average Bonchev–Trinajstić information content (AvgIpc) is 2.13. The van der Waals surface area contributed by atoms with E-state index in [4.69, 9.17) is 5.73 Å². The Hall–Kier alpha value is -0.780. The maximum Gasteiger partial charge on any atom is 0.282 e. The molecule has 0 aliphatic rings. The van der Waals surface area contributed by atoms with Gasteiger partial charge in [-0.1, -0.05) is 6.92 Å². The van der Waals surface area contributed by atoms with E-state index in [2.05, 4.69) is 0 Å². The van der Waals surface area contributed by atoms with Crippen LogP contribution in [-0.4, -0.2) is 31.1 Å². The molecule has 0 aromatic rings. The van der Waals surface area contributed by atoms with Crippen LogP contribution in [0.1, 0.15) is 13.3 Å². The molecule has 0 spiro atoms. The van der Waals surface area contributed by atoms with Gasteiger partial charge in [-0.15, -0.1) is 0 Å². The van der Waals surface area contributed by atoms with Gasteiger partial charge in [0.2, 0.25) is 5.91 Å². The highest BCUT2D eigenvalue weighted by molar-refractivity contribution is 5.75. The average molecular weight is 198 g/mol. The molecular formula is C7H13F3N2O. The number of nitrogens with two attached hydrogens (primary N) is 1. The molecule has 0 rings (SSSR count). The summed E-state index contributed by atoms with van der Waals surface area (Å²) in [6, 6.07) is -1.81. The van der Waals surface area contributed by atoms with Crippen LogP contribution in [0.5, 0.6) is 0 Å². The Morgan fingerprint density at radius 1 is 1.62 bits per heavy atom. The van der Waals surface area contributed by atoms with Crippen LogP contribution in [0, 0.1) is 0 Å². The summed E-state index contributed by atoms with van der Waals surface area (Å²) in [5.74, 6) is -4.00. The van der Waals surface area contributed by atoms with Gasteiger partial charge in [-0.05, 0) is 0 Å². The van der Waals surface area contributed by atoms with E-state index in [-0.39, 0.29) is 6.42 Å². The zero-order valence-corrected chi connectivity index (χ0v) is 7.32. The van der Waals surface area contributed by atoms with Crippen molar-refractivity contribution in [3.8, 4) is 0 Å². The van der Waals surface area contributed by atoms with Gasteiger partial charge < -0.3 is 11.1 Å². The molecule has 0 bridgehead atoms. The fraction of sp³-hybridized carbons (Fsp3) is 0.857. The van der Waals surface area contributed by atoms with Gasteiger partial charge in [0.1, 0.15) is 12.7 Å². The van der Waals surface area contributed by atoms with Gasteiger partial charge in [0.15, 0.2) is 0 Å². The zero-order valence-electron chi connectivity index (χ0n) is 7.32. The summed E-state index contributed by atoms with van der Waals surface area (Å²) in [5.41, 5.74) is 4.73. The van der Waals surface area contributed by atoms with Crippen molar-refractivity contribution in [2.24, 2.45) is 5.73 Å². The minimum absolute atomic E-state index is 0.0388. The second-order valence-electron chi connectivity index (χ2n) is 2.59. The molecule has 78 valence electrons. The number of carbonyl (C=O) groups is 1. The quantitative estimate of drug-likeness (QED) is 0.673. The molecule has 1 atom stereocenters. The lowest BCUT2D eigenvalue weighted by atomic mass is 10.1. The summed E-state index contributed by atoms with van der Waals surface area (Å²) in [5, 5.41) is 1.86. The number of rotatable bonds is 5. The van der Waals surface area contributed by atoms with Gasteiger partial charge >= 0.3 is 0 Å². The van der Waals surface area contributed by atoms with Gasteiger partial charge in [-0.25, -0.2) is 13.2 Å². The SMILES string of the molecule is CCC(=O)NC(CF)C(F)(F)CN. The van der Waals surface area contributed by atoms with E-state index in [0.29, 0.717) is 0 Å². The highest BCUT2D eigenvalue weighted by Gasteiger charge is 2.38. The summed E-state index contributed by atoms with van der Waals surface area (Å²) in [4.78, 5) is 10.7. The van der Waals surface area contributed by atoms with Crippen molar-refractivity contribution in [1.29, 1.82) is 0 Å². The standard InChI is InChI=1S/C7H13F3N2O/c1-2-6(13)12-5(3-8)7(9,10)4-11/h5H,2-4,11H2,1H3,(H,12,13). The number of amides is 1. The van der Waals surface area contributed by atoms with Crippen LogP contribution in [0.4, 0.5) is 13.2 Å². The zero-order chi connectivity index (χ0) is 10.5. The first-order valence-corrected chi connectivity index (χ1v) is 3.91. The molecule has 3 N–H and O–H groups in total.